The molecular formula is C6H11NO3S. The molecule has 3 N–H and O–H groups in total. The SMILES string of the molecule is C=C1C(N)CCC1S(=O)(=O)O. The molecule has 0 radical (unpaired) electrons. The minimum absolute atomic E-state index is 0.276. The van der Waals surface area contributed by atoms with E-state index in [2.05, 4.69) is 6.58 Å². The van der Waals surface area contributed by atoms with Crippen LogP contribution in [0.2, 0.25) is 0 Å². The van der Waals surface area contributed by atoms with Gasteiger partial charge in [-0.05, 0) is 18.4 Å². The Kier molecular flexibility index (Phi) is 2.04. The van der Waals surface area contributed by atoms with Crippen LogP contribution in [0.4, 0.5) is 0 Å². The van der Waals surface area contributed by atoms with Gasteiger partial charge in [0.2, 0.25) is 0 Å². The molecule has 0 aromatic carbocycles. The average molecular weight is 177 g/mol. The topological polar surface area (TPSA) is 80.4 Å². The van der Waals surface area contributed by atoms with Gasteiger partial charge < -0.3 is 5.73 Å². The fraction of sp³-hybridized carbons (Fsp3) is 0.667. The summed E-state index contributed by atoms with van der Waals surface area (Å²) in [6.45, 7) is 3.52. The molecule has 5 heteroatoms. The van der Waals surface area contributed by atoms with Gasteiger partial charge >= 0.3 is 0 Å². The largest absolute Gasteiger partial charge is 0.324 e. The number of hydrogen-bond acceptors (Lipinski definition) is 3. The molecule has 1 saturated carbocycles. The molecule has 64 valence electrons. The second kappa shape index (κ2) is 2.58. The molecule has 0 bridgehead atoms. The third-order valence-corrected chi connectivity index (χ3v) is 3.25. The van der Waals surface area contributed by atoms with Gasteiger partial charge in [-0.25, -0.2) is 0 Å². The highest BCUT2D eigenvalue weighted by molar-refractivity contribution is 7.86. The monoisotopic (exact) mass is 177 g/mol. The normalized spacial score (nSPS) is 32.7. The smallest absolute Gasteiger partial charge is 0.271 e. The molecule has 2 unspecified atom stereocenters. The number of nitrogens with two attached hydrogens (primary N) is 1. The molecule has 4 nitrogen and oxygen atoms in total. The van der Waals surface area contributed by atoms with Crippen LogP contribution in [-0.2, 0) is 10.1 Å². The molecule has 0 amide bonds. The summed E-state index contributed by atoms with van der Waals surface area (Å²) in [5, 5.41) is -0.836. The Morgan fingerprint density at radius 1 is 1.55 bits per heavy atom. The van der Waals surface area contributed by atoms with E-state index in [-0.39, 0.29) is 6.04 Å². The van der Waals surface area contributed by atoms with Crippen molar-refractivity contribution < 1.29 is 13.0 Å². The van der Waals surface area contributed by atoms with Crippen molar-refractivity contribution in [1.29, 1.82) is 0 Å². The molecule has 0 aromatic rings. The Morgan fingerprint density at radius 3 is 2.27 bits per heavy atom. The van der Waals surface area contributed by atoms with Crippen LogP contribution < -0.4 is 5.73 Å². The maximum absolute atomic E-state index is 10.6. The molecule has 0 spiro atoms. The molecule has 0 saturated heterocycles. The molecule has 1 rings (SSSR count). The molecule has 0 aromatic heterocycles. The summed E-state index contributed by atoms with van der Waals surface area (Å²) in [4.78, 5) is 0. The predicted molar refractivity (Wildman–Crippen MR) is 41.7 cm³/mol. The van der Waals surface area contributed by atoms with Crippen molar-refractivity contribution in [2.75, 3.05) is 0 Å². The summed E-state index contributed by atoms with van der Waals surface area (Å²) in [6.07, 6.45) is 0.974. The van der Waals surface area contributed by atoms with Crippen molar-refractivity contribution in [3.8, 4) is 0 Å². The second-order valence-corrected chi connectivity index (χ2v) is 4.36. The Balaban J connectivity index is 2.87. The van der Waals surface area contributed by atoms with Crippen LogP contribution >= 0.6 is 0 Å². The average Bonchev–Trinajstić information content (AvgIpc) is 2.11. The maximum atomic E-state index is 10.6. The third-order valence-electron chi connectivity index (χ3n) is 1.99. The van der Waals surface area contributed by atoms with Gasteiger partial charge in [-0.15, -0.1) is 0 Å². The standard InChI is InChI=1S/C6H11NO3S/c1-4-5(7)2-3-6(4)11(8,9)10/h5-6H,1-3,7H2,(H,8,9,10). The lowest BCUT2D eigenvalue weighted by Crippen LogP contribution is -2.24. The number of hydrogen-bond donors (Lipinski definition) is 2. The molecule has 11 heavy (non-hydrogen) atoms. The van der Waals surface area contributed by atoms with Gasteiger partial charge in [-0.2, -0.15) is 8.42 Å². The van der Waals surface area contributed by atoms with E-state index in [4.69, 9.17) is 10.3 Å². The van der Waals surface area contributed by atoms with Crippen LogP contribution in [0.25, 0.3) is 0 Å². The van der Waals surface area contributed by atoms with Crippen LogP contribution in [0, 0.1) is 0 Å². The van der Waals surface area contributed by atoms with Crippen molar-refractivity contribution in [2.24, 2.45) is 5.73 Å². The molecule has 0 aliphatic heterocycles. The molecule has 2 atom stereocenters. The minimum Gasteiger partial charge on any atom is -0.324 e. The first-order valence-corrected chi connectivity index (χ1v) is 4.84. The van der Waals surface area contributed by atoms with Gasteiger partial charge in [0.1, 0.15) is 5.25 Å². The van der Waals surface area contributed by atoms with Crippen LogP contribution in [0.5, 0.6) is 0 Å². The van der Waals surface area contributed by atoms with Crippen LogP contribution in [0.1, 0.15) is 12.8 Å². The lowest BCUT2D eigenvalue weighted by molar-refractivity contribution is 0.473. The zero-order valence-corrected chi connectivity index (χ0v) is 6.84. The van der Waals surface area contributed by atoms with Crippen molar-refractivity contribution in [1.82, 2.24) is 0 Å². The van der Waals surface area contributed by atoms with E-state index in [1.165, 1.54) is 0 Å². The van der Waals surface area contributed by atoms with Gasteiger partial charge in [0, 0.05) is 6.04 Å². The Hall–Kier alpha value is -0.390. The lowest BCUT2D eigenvalue weighted by atomic mass is 10.2. The molecule has 1 fully saturated rings. The van der Waals surface area contributed by atoms with Gasteiger partial charge in [0.25, 0.3) is 10.1 Å². The second-order valence-electron chi connectivity index (χ2n) is 2.76. The predicted octanol–water partition coefficient (Wildman–Crippen LogP) is -0.0799. The van der Waals surface area contributed by atoms with E-state index in [1.54, 1.807) is 0 Å². The summed E-state index contributed by atoms with van der Waals surface area (Å²) in [5.74, 6) is 0. The van der Waals surface area contributed by atoms with Crippen LogP contribution in [0.15, 0.2) is 12.2 Å². The fourth-order valence-corrected chi connectivity index (χ4v) is 2.27. The first kappa shape index (κ1) is 8.70. The highest BCUT2D eigenvalue weighted by Gasteiger charge is 2.34. The van der Waals surface area contributed by atoms with Gasteiger partial charge in [-0.1, -0.05) is 6.58 Å². The van der Waals surface area contributed by atoms with E-state index in [0.29, 0.717) is 18.4 Å². The Labute approximate surface area is 65.8 Å². The highest BCUT2D eigenvalue weighted by atomic mass is 32.2. The van der Waals surface area contributed by atoms with Crippen molar-refractivity contribution in [3.63, 3.8) is 0 Å². The van der Waals surface area contributed by atoms with E-state index in [1.807, 2.05) is 0 Å². The van der Waals surface area contributed by atoms with Crippen molar-refractivity contribution in [2.45, 2.75) is 24.1 Å². The Bertz CT molecular complexity index is 270. The van der Waals surface area contributed by atoms with Crippen molar-refractivity contribution in [3.05, 3.63) is 12.2 Å². The summed E-state index contributed by atoms with van der Waals surface area (Å²) in [5.41, 5.74) is 5.91. The summed E-state index contributed by atoms with van der Waals surface area (Å²) >= 11 is 0. The lowest BCUT2D eigenvalue weighted by Gasteiger charge is -2.07. The molecular weight excluding hydrogens is 166 g/mol. The zero-order chi connectivity index (χ0) is 8.65. The first-order chi connectivity index (χ1) is 4.93. The van der Waals surface area contributed by atoms with E-state index in [9.17, 15) is 8.42 Å². The van der Waals surface area contributed by atoms with E-state index < -0.39 is 15.4 Å². The highest BCUT2D eigenvalue weighted by Crippen LogP contribution is 2.27. The zero-order valence-electron chi connectivity index (χ0n) is 6.03. The number of rotatable bonds is 1. The van der Waals surface area contributed by atoms with Crippen LogP contribution in [-0.4, -0.2) is 24.3 Å². The maximum Gasteiger partial charge on any atom is 0.271 e. The third kappa shape index (κ3) is 1.61. The summed E-state index contributed by atoms with van der Waals surface area (Å²) < 4.78 is 29.9. The Morgan fingerprint density at radius 2 is 2.09 bits per heavy atom. The van der Waals surface area contributed by atoms with Crippen molar-refractivity contribution >= 4 is 10.1 Å². The summed E-state index contributed by atoms with van der Waals surface area (Å²) in [7, 11) is -3.96. The van der Waals surface area contributed by atoms with Gasteiger partial charge in [-0.3, -0.25) is 4.55 Å². The summed E-state index contributed by atoms with van der Waals surface area (Å²) in [6, 6.07) is -0.276. The van der Waals surface area contributed by atoms with Gasteiger partial charge in [0.15, 0.2) is 0 Å². The minimum atomic E-state index is -3.96. The van der Waals surface area contributed by atoms with Gasteiger partial charge in [0.05, 0.1) is 0 Å². The fourth-order valence-electron chi connectivity index (χ4n) is 1.28. The van der Waals surface area contributed by atoms with E-state index >= 15 is 0 Å². The van der Waals surface area contributed by atoms with Crippen LogP contribution in [0.3, 0.4) is 0 Å². The molecule has 1 aliphatic carbocycles. The first-order valence-electron chi connectivity index (χ1n) is 3.33. The molecule has 1 aliphatic rings. The quantitative estimate of drug-likeness (QED) is 0.433. The molecule has 0 heterocycles. The van der Waals surface area contributed by atoms with E-state index in [0.717, 1.165) is 0 Å².